The Morgan fingerprint density at radius 3 is 2.43 bits per heavy atom. The minimum absolute atomic E-state index is 0.165. The van der Waals surface area contributed by atoms with Gasteiger partial charge in [-0.3, -0.25) is 0 Å². The van der Waals surface area contributed by atoms with Crippen LogP contribution in [0.2, 0.25) is 0 Å². The van der Waals surface area contributed by atoms with Crippen molar-refractivity contribution in [2.75, 3.05) is 11.4 Å². The van der Waals surface area contributed by atoms with Gasteiger partial charge in [-0.15, -0.1) is 10.2 Å². The summed E-state index contributed by atoms with van der Waals surface area (Å²) in [5.74, 6) is 4.72. The van der Waals surface area contributed by atoms with Crippen LogP contribution in [0.5, 0.6) is 0 Å². The fourth-order valence-electron chi connectivity index (χ4n) is 3.13. The Morgan fingerprint density at radius 2 is 1.78 bits per heavy atom. The summed E-state index contributed by atoms with van der Waals surface area (Å²) in [5, 5.41) is 8.84. The third-order valence-electron chi connectivity index (χ3n) is 4.40. The van der Waals surface area contributed by atoms with E-state index >= 15 is 0 Å². The number of hydrogen-bond acceptors (Lipinski definition) is 5. The number of aryl methyl sites for hydroxylation is 1. The third-order valence-corrected chi connectivity index (χ3v) is 4.40. The van der Waals surface area contributed by atoms with Crippen molar-refractivity contribution in [1.82, 2.24) is 24.7 Å². The Kier molecular flexibility index (Phi) is 4.08. The number of aromatic nitrogens is 5. The van der Waals surface area contributed by atoms with Gasteiger partial charge in [0.05, 0.1) is 6.04 Å². The minimum Gasteiger partial charge on any atom is -0.345 e. The normalized spacial score (nSPS) is 17.9. The average Bonchev–Trinajstić information content (AvgIpc) is 2.92. The molecule has 0 aliphatic carbocycles. The van der Waals surface area contributed by atoms with Crippen molar-refractivity contribution in [2.24, 2.45) is 0 Å². The molecule has 3 rings (SSSR count). The summed E-state index contributed by atoms with van der Waals surface area (Å²) in [5.41, 5.74) is 1.01. The molecule has 0 fully saturated rings. The first-order chi connectivity index (χ1) is 10.9. The maximum Gasteiger partial charge on any atom is 0.155 e. The Morgan fingerprint density at radius 1 is 1.04 bits per heavy atom. The van der Waals surface area contributed by atoms with Gasteiger partial charge in [-0.2, -0.15) is 0 Å². The predicted octanol–water partition coefficient (Wildman–Crippen LogP) is 3.20. The summed E-state index contributed by atoms with van der Waals surface area (Å²) in [7, 11) is 0. The van der Waals surface area contributed by atoms with E-state index in [0.29, 0.717) is 11.8 Å². The number of anilines is 1. The van der Waals surface area contributed by atoms with Crippen LogP contribution in [0.25, 0.3) is 0 Å². The highest BCUT2D eigenvalue weighted by Gasteiger charge is 2.30. The molecule has 1 aliphatic heterocycles. The Hall–Kier alpha value is -1.98. The van der Waals surface area contributed by atoms with Gasteiger partial charge < -0.3 is 9.47 Å². The SMILES string of the molecule is Cc1cc(N2CCn3c(C(C)C)nnc3C2C)nc(C(C)C)n1. The zero-order valence-corrected chi connectivity index (χ0v) is 14.9. The van der Waals surface area contributed by atoms with Gasteiger partial charge in [0.2, 0.25) is 0 Å². The molecule has 2 aromatic rings. The minimum atomic E-state index is 0.165. The van der Waals surface area contributed by atoms with Gasteiger partial charge in [0.25, 0.3) is 0 Å². The number of hydrogen-bond donors (Lipinski definition) is 0. The van der Waals surface area contributed by atoms with E-state index in [0.717, 1.165) is 42.1 Å². The lowest BCUT2D eigenvalue weighted by Crippen LogP contribution is -2.38. The van der Waals surface area contributed by atoms with E-state index in [-0.39, 0.29) is 6.04 Å². The molecular weight excluding hydrogens is 288 g/mol. The van der Waals surface area contributed by atoms with Gasteiger partial charge in [0, 0.05) is 36.7 Å². The Balaban J connectivity index is 1.96. The number of fused-ring (bicyclic) bond motifs is 1. The summed E-state index contributed by atoms with van der Waals surface area (Å²) in [6.07, 6.45) is 0. The molecule has 1 unspecified atom stereocenters. The standard InChI is InChI=1S/C17H26N6/c1-10(2)15-18-12(5)9-14(19-15)22-7-8-23-16(11(3)4)20-21-17(23)13(22)6/h9-11,13H,7-8H2,1-6H3. The van der Waals surface area contributed by atoms with Gasteiger partial charge in [0.1, 0.15) is 17.5 Å². The lowest BCUT2D eigenvalue weighted by Gasteiger charge is -2.35. The summed E-state index contributed by atoms with van der Waals surface area (Å²) < 4.78 is 2.27. The average molecular weight is 314 g/mol. The molecule has 0 saturated carbocycles. The lowest BCUT2D eigenvalue weighted by atomic mass is 10.1. The molecule has 124 valence electrons. The van der Waals surface area contributed by atoms with Crippen molar-refractivity contribution < 1.29 is 0 Å². The molecule has 23 heavy (non-hydrogen) atoms. The van der Waals surface area contributed by atoms with Gasteiger partial charge >= 0.3 is 0 Å². The van der Waals surface area contributed by atoms with Crippen molar-refractivity contribution in [3.8, 4) is 0 Å². The van der Waals surface area contributed by atoms with Crippen LogP contribution in [0.4, 0.5) is 5.82 Å². The maximum absolute atomic E-state index is 4.78. The highest BCUT2D eigenvalue weighted by Crippen LogP contribution is 2.30. The van der Waals surface area contributed by atoms with Crippen LogP contribution < -0.4 is 4.90 Å². The van der Waals surface area contributed by atoms with Crippen molar-refractivity contribution in [2.45, 2.75) is 66.0 Å². The quantitative estimate of drug-likeness (QED) is 0.870. The second-order valence-electron chi connectivity index (χ2n) is 6.97. The van der Waals surface area contributed by atoms with Gasteiger partial charge in [-0.05, 0) is 13.8 Å². The molecule has 1 atom stereocenters. The van der Waals surface area contributed by atoms with Gasteiger partial charge in [0.15, 0.2) is 5.82 Å². The molecule has 0 aromatic carbocycles. The van der Waals surface area contributed by atoms with Crippen molar-refractivity contribution in [3.05, 3.63) is 29.2 Å². The summed E-state index contributed by atoms with van der Waals surface area (Å²) in [6.45, 7) is 14.6. The summed E-state index contributed by atoms with van der Waals surface area (Å²) in [6, 6.07) is 2.23. The largest absolute Gasteiger partial charge is 0.345 e. The molecule has 0 radical (unpaired) electrons. The summed E-state index contributed by atoms with van der Waals surface area (Å²) in [4.78, 5) is 11.6. The smallest absolute Gasteiger partial charge is 0.155 e. The van der Waals surface area contributed by atoms with E-state index in [2.05, 4.69) is 65.3 Å². The highest BCUT2D eigenvalue weighted by atomic mass is 15.4. The van der Waals surface area contributed by atoms with Crippen LogP contribution >= 0.6 is 0 Å². The highest BCUT2D eigenvalue weighted by molar-refractivity contribution is 5.43. The Bertz CT molecular complexity index is 703. The molecule has 1 aliphatic rings. The molecule has 0 bridgehead atoms. The van der Waals surface area contributed by atoms with E-state index < -0.39 is 0 Å². The third kappa shape index (κ3) is 2.82. The predicted molar refractivity (Wildman–Crippen MR) is 90.7 cm³/mol. The van der Waals surface area contributed by atoms with E-state index in [1.54, 1.807) is 0 Å². The molecule has 0 N–H and O–H groups in total. The first kappa shape index (κ1) is 15.9. The molecule has 0 spiro atoms. The maximum atomic E-state index is 4.78. The zero-order chi connectivity index (χ0) is 16.7. The Labute approximate surface area is 138 Å². The van der Waals surface area contributed by atoms with Crippen LogP contribution in [0, 0.1) is 6.92 Å². The molecular formula is C17H26N6. The van der Waals surface area contributed by atoms with E-state index in [9.17, 15) is 0 Å². The van der Waals surface area contributed by atoms with Crippen molar-refractivity contribution in [3.63, 3.8) is 0 Å². The zero-order valence-electron chi connectivity index (χ0n) is 14.9. The van der Waals surface area contributed by atoms with Crippen LogP contribution in [0.3, 0.4) is 0 Å². The van der Waals surface area contributed by atoms with Crippen LogP contribution in [-0.4, -0.2) is 31.3 Å². The van der Waals surface area contributed by atoms with Crippen molar-refractivity contribution in [1.29, 1.82) is 0 Å². The topological polar surface area (TPSA) is 59.7 Å². The lowest BCUT2D eigenvalue weighted by molar-refractivity contribution is 0.475. The first-order valence-electron chi connectivity index (χ1n) is 8.43. The van der Waals surface area contributed by atoms with E-state index in [1.165, 1.54) is 0 Å². The van der Waals surface area contributed by atoms with Crippen LogP contribution in [-0.2, 0) is 6.54 Å². The van der Waals surface area contributed by atoms with Crippen LogP contribution in [0.15, 0.2) is 6.07 Å². The van der Waals surface area contributed by atoms with Crippen LogP contribution in [0.1, 0.15) is 75.7 Å². The number of rotatable bonds is 3. The molecule has 0 saturated heterocycles. The van der Waals surface area contributed by atoms with Gasteiger partial charge in [-0.25, -0.2) is 9.97 Å². The second-order valence-corrected chi connectivity index (χ2v) is 6.97. The monoisotopic (exact) mass is 314 g/mol. The fraction of sp³-hybridized carbons (Fsp3) is 0.647. The van der Waals surface area contributed by atoms with E-state index in [1.807, 2.05) is 6.92 Å². The molecule has 6 nitrogen and oxygen atoms in total. The summed E-state index contributed by atoms with van der Waals surface area (Å²) >= 11 is 0. The second kappa shape index (κ2) is 5.91. The molecule has 0 amide bonds. The number of nitrogens with zero attached hydrogens (tertiary/aromatic N) is 6. The molecule has 6 heteroatoms. The molecule has 3 heterocycles. The first-order valence-corrected chi connectivity index (χ1v) is 8.43. The van der Waals surface area contributed by atoms with Gasteiger partial charge in [-0.1, -0.05) is 27.7 Å². The molecule has 2 aromatic heterocycles. The fourth-order valence-corrected chi connectivity index (χ4v) is 3.13. The van der Waals surface area contributed by atoms with Crippen molar-refractivity contribution >= 4 is 5.82 Å². The van der Waals surface area contributed by atoms with E-state index in [4.69, 9.17) is 4.98 Å².